The summed E-state index contributed by atoms with van der Waals surface area (Å²) >= 11 is 0. The van der Waals surface area contributed by atoms with Gasteiger partial charge in [-0.25, -0.2) is 4.72 Å². The third-order valence-corrected chi connectivity index (χ3v) is 3.68. The Bertz CT molecular complexity index is 332. The Kier molecular flexibility index (Phi) is 5.37. The van der Waals surface area contributed by atoms with Crippen molar-refractivity contribution < 1.29 is 18.3 Å². The van der Waals surface area contributed by atoms with Crippen LogP contribution in [0.4, 0.5) is 0 Å². The monoisotopic (exact) mass is 252 g/mol. The number of carbonyl (C=O) groups is 1. The second-order valence-corrected chi connectivity index (χ2v) is 6.15. The van der Waals surface area contributed by atoms with E-state index in [2.05, 4.69) is 4.72 Å². The molecule has 0 spiro atoms. The molecular weight excluding hydrogens is 232 g/mol. The van der Waals surface area contributed by atoms with Gasteiger partial charge < -0.3 is 5.11 Å². The van der Waals surface area contributed by atoms with Gasteiger partial charge in [-0.3, -0.25) is 4.79 Å². The summed E-state index contributed by atoms with van der Waals surface area (Å²) in [7, 11) is -3.73. The molecule has 0 saturated carbocycles. The van der Waals surface area contributed by atoms with Gasteiger partial charge in [0.25, 0.3) is 10.2 Å². The summed E-state index contributed by atoms with van der Waals surface area (Å²) in [6.45, 7) is 6.56. The Morgan fingerprint density at radius 1 is 1.38 bits per heavy atom. The van der Waals surface area contributed by atoms with E-state index in [1.54, 1.807) is 20.8 Å². The molecular formula is C9H20N2O4S. The number of hydrogen-bond acceptors (Lipinski definition) is 3. The summed E-state index contributed by atoms with van der Waals surface area (Å²) in [6, 6.07) is 0. The van der Waals surface area contributed by atoms with Crippen molar-refractivity contribution in [2.24, 2.45) is 0 Å². The summed E-state index contributed by atoms with van der Waals surface area (Å²) in [6.07, 6.45) is 0.657. The van der Waals surface area contributed by atoms with Crippen molar-refractivity contribution in [2.75, 3.05) is 13.1 Å². The van der Waals surface area contributed by atoms with E-state index in [0.29, 0.717) is 13.0 Å². The molecule has 0 unspecified atom stereocenters. The SMILES string of the molecule is CCCNS(=O)(=O)N(CC(=O)O)C(C)(C)C. The molecule has 0 aliphatic carbocycles. The van der Waals surface area contributed by atoms with Crippen molar-refractivity contribution in [1.82, 2.24) is 9.03 Å². The van der Waals surface area contributed by atoms with Gasteiger partial charge in [0.1, 0.15) is 6.54 Å². The third kappa shape index (κ3) is 4.91. The van der Waals surface area contributed by atoms with Crippen molar-refractivity contribution in [1.29, 1.82) is 0 Å². The van der Waals surface area contributed by atoms with Gasteiger partial charge in [-0.1, -0.05) is 6.92 Å². The maximum Gasteiger partial charge on any atom is 0.318 e. The van der Waals surface area contributed by atoms with Crippen LogP contribution in [-0.2, 0) is 15.0 Å². The van der Waals surface area contributed by atoms with Crippen molar-refractivity contribution in [2.45, 2.75) is 39.7 Å². The summed E-state index contributed by atoms with van der Waals surface area (Å²) in [5, 5.41) is 8.70. The van der Waals surface area contributed by atoms with Gasteiger partial charge in [-0.05, 0) is 27.2 Å². The Morgan fingerprint density at radius 2 is 1.88 bits per heavy atom. The molecule has 0 radical (unpaired) electrons. The number of nitrogens with one attached hydrogen (secondary N) is 1. The highest BCUT2D eigenvalue weighted by Gasteiger charge is 2.33. The molecule has 0 bridgehead atoms. The fourth-order valence-corrected chi connectivity index (χ4v) is 2.73. The molecule has 0 amide bonds. The van der Waals surface area contributed by atoms with Crippen molar-refractivity contribution in [3.63, 3.8) is 0 Å². The maximum absolute atomic E-state index is 11.8. The van der Waals surface area contributed by atoms with Gasteiger partial charge >= 0.3 is 5.97 Å². The number of carboxylic acid groups (broad SMARTS) is 1. The number of aliphatic carboxylic acids is 1. The molecule has 6 nitrogen and oxygen atoms in total. The highest BCUT2D eigenvalue weighted by Crippen LogP contribution is 2.16. The lowest BCUT2D eigenvalue weighted by molar-refractivity contribution is -0.138. The third-order valence-electron chi connectivity index (χ3n) is 1.85. The standard InChI is InChI=1S/C9H20N2O4S/c1-5-6-10-16(14,15)11(7-8(12)13)9(2,3)4/h10H,5-7H2,1-4H3,(H,12,13). The van der Waals surface area contributed by atoms with E-state index in [1.807, 2.05) is 6.92 Å². The van der Waals surface area contributed by atoms with Crippen LogP contribution in [0.25, 0.3) is 0 Å². The molecule has 96 valence electrons. The van der Waals surface area contributed by atoms with E-state index in [1.165, 1.54) is 0 Å². The van der Waals surface area contributed by atoms with E-state index >= 15 is 0 Å². The number of nitrogens with zero attached hydrogens (tertiary/aromatic N) is 1. The van der Waals surface area contributed by atoms with Crippen LogP contribution in [0.2, 0.25) is 0 Å². The lowest BCUT2D eigenvalue weighted by Gasteiger charge is -2.32. The van der Waals surface area contributed by atoms with Gasteiger partial charge in [-0.15, -0.1) is 0 Å². The zero-order chi connectivity index (χ0) is 13.0. The Labute approximate surface area is 96.8 Å². The predicted molar refractivity (Wildman–Crippen MR) is 61.3 cm³/mol. The number of hydrogen-bond donors (Lipinski definition) is 2. The Morgan fingerprint density at radius 3 is 2.19 bits per heavy atom. The molecule has 0 aliphatic heterocycles. The molecule has 0 fully saturated rings. The van der Waals surface area contributed by atoms with Crippen LogP contribution in [0.3, 0.4) is 0 Å². The van der Waals surface area contributed by atoms with Crippen LogP contribution < -0.4 is 4.72 Å². The van der Waals surface area contributed by atoms with Gasteiger partial charge in [0, 0.05) is 12.1 Å². The normalized spacial score (nSPS) is 13.1. The van der Waals surface area contributed by atoms with Crippen LogP contribution in [0, 0.1) is 0 Å². The summed E-state index contributed by atoms with van der Waals surface area (Å²) in [5.41, 5.74) is -0.766. The molecule has 2 N–H and O–H groups in total. The molecule has 0 rings (SSSR count). The highest BCUT2D eigenvalue weighted by atomic mass is 32.2. The first-order valence-electron chi connectivity index (χ1n) is 5.10. The van der Waals surface area contributed by atoms with Crippen LogP contribution in [0.1, 0.15) is 34.1 Å². The fourth-order valence-electron chi connectivity index (χ4n) is 1.11. The second-order valence-electron chi connectivity index (χ2n) is 4.47. The minimum Gasteiger partial charge on any atom is -0.480 e. The molecule has 16 heavy (non-hydrogen) atoms. The first kappa shape index (κ1) is 15.3. The minimum absolute atomic E-state index is 0.300. The van der Waals surface area contributed by atoms with Gasteiger partial charge in [-0.2, -0.15) is 12.7 Å². The van der Waals surface area contributed by atoms with Crippen molar-refractivity contribution in [3.8, 4) is 0 Å². The Hall–Kier alpha value is -0.660. The molecule has 0 aromatic rings. The highest BCUT2D eigenvalue weighted by molar-refractivity contribution is 7.87. The minimum atomic E-state index is -3.73. The fraction of sp³-hybridized carbons (Fsp3) is 0.889. The topological polar surface area (TPSA) is 86.7 Å². The molecule has 7 heteroatoms. The van der Waals surface area contributed by atoms with Gasteiger partial charge in [0.15, 0.2) is 0 Å². The molecule has 0 heterocycles. The average molecular weight is 252 g/mol. The lowest BCUT2D eigenvalue weighted by Crippen LogP contribution is -2.52. The quantitative estimate of drug-likeness (QED) is 0.717. The largest absolute Gasteiger partial charge is 0.480 e. The van der Waals surface area contributed by atoms with Gasteiger partial charge in [0.2, 0.25) is 0 Å². The molecule has 0 saturated heterocycles. The first-order valence-corrected chi connectivity index (χ1v) is 6.54. The number of carboxylic acids is 1. The van der Waals surface area contributed by atoms with Crippen LogP contribution >= 0.6 is 0 Å². The first-order chi connectivity index (χ1) is 7.11. The maximum atomic E-state index is 11.8. The molecule has 0 aromatic carbocycles. The summed E-state index contributed by atoms with van der Waals surface area (Å²) < 4.78 is 26.9. The van der Waals surface area contributed by atoms with Crippen LogP contribution in [-0.4, -0.2) is 42.4 Å². The predicted octanol–water partition coefficient (Wildman–Crippen LogP) is 0.416. The van der Waals surface area contributed by atoms with Gasteiger partial charge in [0.05, 0.1) is 0 Å². The average Bonchev–Trinajstić information content (AvgIpc) is 2.09. The molecule has 0 aromatic heterocycles. The van der Waals surface area contributed by atoms with E-state index < -0.39 is 28.3 Å². The smallest absolute Gasteiger partial charge is 0.318 e. The molecule has 0 aliphatic rings. The zero-order valence-corrected chi connectivity index (χ0v) is 11.0. The van der Waals surface area contributed by atoms with E-state index in [-0.39, 0.29) is 0 Å². The van der Waals surface area contributed by atoms with Crippen molar-refractivity contribution >= 4 is 16.2 Å². The van der Waals surface area contributed by atoms with E-state index in [4.69, 9.17) is 5.11 Å². The molecule has 0 atom stereocenters. The van der Waals surface area contributed by atoms with Crippen LogP contribution in [0.5, 0.6) is 0 Å². The van der Waals surface area contributed by atoms with E-state index in [0.717, 1.165) is 4.31 Å². The Balaban J connectivity index is 4.96. The zero-order valence-electron chi connectivity index (χ0n) is 10.1. The van der Waals surface area contributed by atoms with Crippen molar-refractivity contribution in [3.05, 3.63) is 0 Å². The lowest BCUT2D eigenvalue weighted by atomic mass is 10.1. The second kappa shape index (κ2) is 5.60. The summed E-state index contributed by atoms with van der Waals surface area (Å²) in [4.78, 5) is 10.6. The van der Waals surface area contributed by atoms with Crippen LogP contribution in [0.15, 0.2) is 0 Å². The van der Waals surface area contributed by atoms with E-state index in [9.17, 15) is 13.2 Å². The summed E-state index contributed by atoms with van der Waals surface area (Å²) in [5.74, 6) is -1.17. The number of rotatable bonds is 6.